The number of rotatable bonds is 2. The van der Waals surface area contributed by atoms with E-state index in [1.165, 1.54) is 0 Å². The Kier molecular flexibility index (Phi) is 2.28. The summed E-state index contributed by atoms with van der Waals surface area (Å²) in [6, 6.07) is 9.21. The fourth-order valence-corrected chi connectivity index (χ4v) is 2.65. The Labute approximate surface area is 94.9 Å². The molecule has 1 aromatic carbocycles. The number of hydrogen-bond donors (Lipinski definition) is 0. The summed E-state index contributed by atoms with van der Waals surface area (Å²) in [7, 11) is 0. The van der Waals surface area contributed by atoms with E-state index in [4.69, 9.17) is 4.74 Å². The van der Waals surface area contributed by atoms with Crippen LogP contribution in [0.1, 0.15) is 23.2 Å². The lowest BCUT2D eigenvalue weighted by Gasteiger charge is -2.18. The largest absolute Gasteiger partial charge is 0.458 e. The van der Waals surface area contributed by atoms with Gasteiger partial charge in [0.2, 0.25) is 0 Å². The van der Waals surface area contributed by atoms with E-state index in [2.05, 4.69) is 12.2 Å². The van der Waals surface area contributed by atoms with Gasteiger partial charge in [0.25, 0.3) is 0 Å². The third-order valence-electron chi connectivity index (χ3n) is 3.49. The average Bonchev–Trinajstić information content (AvgIpc) is 2.92. The van der Waals surface area contributed by atoms with E-state index in [-0.39, 0.29) is 12.1 Å². The van der Waals surface area contributed by atoms with Crippen LogP contribution in [-0.2, 0) is 4.74 Å². The highest BCUT2D eigenvalue weighted by molar-refractivity contribution is 5.89. The van der Waals surface area contributed by atoms with Crippen molar-refractivity contribution in [2.24, 2.45) is 11.8 Å². The van der Waals surface area contributed by atoms with Gasteiger partial charge in [0, 0.05) is 5.92 Å². The van der Waals surface area contributed by atoms with E-state index in [0.29, 0.717) is 17.4 Å². The Morgan fingerprint density at radius 2 is 1.94 bits per heavy atom. The Morgan fingerprint density at radius 3 is 2.56 bits per heavy atom. The van der Waals surface area contributed by atoms with Gasteiger partial charge in [0.1, 0.15) is 6.10 Å². The molecular formula is C14H14O2. The molecular weight excluding hydrogens is 200 g/mol. The van der Waals surface area contributed by atoms with Gasteiger partial charge in [-0.05, 0) is 30.9 Å². The summed E-state index contributed by atoms with van der Waals surface area (Å²) in [5.41, 5.74) is 0.647. The lowest BCUT2D eigenvalue weighted by Crippen LogP contribution is -2.22. The lowest BCUT2D eigenvalue weighted by molar-refractivity contribution is 0.0242. The first-order chi connectivity index (χ1) is 7.83. The molecule has 2 aliphatic rings. The Balaban J connectivity index is 1.68. The Bertz CT molecular complexity index is 422. The minimum Gasteiger partial charge on any atom is -0.458 e. The van der Waals surface area contributed by atoms with Crippen molar-refractivity contribution in [2.75, 3.05) is 0 Å². The fourth-order valence-electron chi connectivity index (χ4n) is 2.65. The van der Waals surface area contributed by atoms with Gasteiger partial charge in [0.05, 0.1) is 5.56 Å². The number of carbonyl (C=O) groups excluding carboxylic acids is 1. The van der Waals surface area contributed by atoms with Crippen molar-refractivity contribution in [2.45, 2.75) is 18.9 Å². The number of hydrogen-bond acceptors (Lipinski definition) is 2. The first-order valence-corrected chi connectivity index (χ1v) is 5.77. The van der Waals surface area contributed by atoms with Crippen LogP contribution in [0.3, 0.4) is 0 Å². The van der Waals surface area contributed by atoms with E-state index < -0.39 is 0 Å². The molecule has 3 rings (SSSR count). The Hall–Kier alpha value is -1.57. The molecule has 0 spiro atoms. The SMILES string of the molecule is O=C(O[C@@H]1C[C@H]2C=C[C@@H]1C2)c1ccccc1. The third kappa shape index (κ3) is 1.64. The molecule has 1 saturated carbocycles. The van der Waals surface area contributed by atoms with Crippen LogP contribution in [0.5, 0.6) is 0 Å². The summed E-state index contributed by atoms with van der Waals surface area (Å²) in [4.78, 5) is 11.8. The van der Waals surface area contributed by atoms with Gasteiger partial charge in [-0.25, -0.2) is 4.79 Å². The number of benzene rings is 1. The maximum absolute atomic E-state index is 11.8. The first-order valence-electron chi connectivity index (χ1n) is 5.77. The number of carbonyl (C=O) groups is 1. The second-order valence-electron chi connectivity index (χ2n) is 4.59. The molecule has 3 atom stereocenters. The molecule has 0 N–H and O–H groups in total. The summed E-state index contributed by atoms with van der Waals surface area (Å²) < 4.78 is 5.54. The number of fused-ring (bicyclic) bond motifs is 2. The monoisotopic (exact) mass is 214 g/mol. The topological polar surface area (TPSA) is 26.3 Å². The van der Waals surface area contributed by atoms with Gasteiger partial charge in [-0.2, -0.15) is 0 Å². The standard InChI is InChI=1S/C14H14O2/c15-14(11-4-2-1-3-5-11)16-13-9-10-6-7-12(13)8-10/h1-7,10,12-13H,8-9H2/t10-,12+,13+/m0/s1. The summed E-state index contributed by atoms with van der Waals surface area (Å²) in [6.45, 7) is 0. The average molecular weight is 214 g/mol. The zero-order valence-electron chi connectivity index (χ0n) is 9.00. The fraction of sp³-hybridized carbons (Fsp3) is 0.357. The molecule has 16 heavy (non-hydrogen) atoms. The highest BCUT2D eigenvalue weighted by atomic mass is 16.5. The molecule has 0 aromatic heterocycles. The molecule has 0 saturated heterocycles. The molecule has 2 aliphatic carbocycles. The molecule has 0 unspecified atom stereocenters. The van der Waals surface area contributed by atoms with E-state index >= 15 is 0 Å². The molecule has 1 fully saturated rings. The molecule has 82 valence electrons. The Morgan fingerprint density at radius 1 is 1.12 bits per heavy atom. The maximum atomic E-state index is 11.8. The first kappa shape index (κ1) is 9.64. The van der Waals surface area contributed by atoms with E-state index in [0.717, 1.165) is 12.8 Å². The van der Waals surface area contributed by atoms with Gasteiger partial charge in [-0.3, -0.25) is 0 Å². The smallest absolute Gasteiger partial charge is 0.338 e. The second-order valence-corrected chi connectivity index (χ2v) is 4.59. The van der Waals surface area contributed by atoms with Crippen molar-refractivity contribution in [3.8, 4) is 0 Å². The molecule has 0 amide bonds. The van der Waals surface area contributed by atoms with Crippen molar-refractivity contribution in [1.82, 2.24) is 0 Å². The van der Waals surface area contributed by atoms with Crippen LogP contribution in [0.15, 0.2) is 42.5 Å². The van der Waals surface area contributed by atoms with Crippen LogP contribution in [0.25, 0.3) is 0 Å². The minimum atomic E-state index is -0.188. The quantitative estimate of drug-likeness (QED) is 0.559. The molecule has 2 nitrogen and oxygen atoms in total. The van der Waals surface area contributed by atoms with E-state index in [9.17, 15) is 4.79 Å². The molecule has 2 heteroatoms. The summed E-state index contributed by atoms with van der Waals surface area (Å²) in [5, 5.41) is 0. The van der Waals surface area contributed by atoms with Gasteiger partial charge >= 0.3 is 5.97 Å². The van der Waals surface area contributed by atoms with Gasteiger partial charge in [-0.1, -0.05) is 30.4 Å². The lowest BCUT2D eigenvalue weighted by atomic mass is 10.0. The van der Waals surface area contributed by atoms with Crippen LogP contribution in [-0.4, -0.2) is 12.1 Å². The van der Waals surface area contributed by atoms with Crippen molar-refractivity contribution in [3.63, 3.8) is 0 Å². The number of allylic oxidation sites excluding steroid dienone is 1. The third-order valence-corrected chi connectivity index (χ3v) is 3.49. The molecule has 0 radical (unpaired) electrons. The van der Waals surface area contributed by atoms with Crippen LogP contribution >= 0.6 is 0 Å². The number of ether oxygens (including phenoxy) is 1. The second kappa shape index (κ2) is 3.78. The van der Waals surface area contributed by atoms with Gasteiger partial charge in [-0.15, -0.1) is 0 Å². The molecule has 1 aromatic rings. The van der Waals surface area contributed by atoms with Crippen molar-refractivity contribution >= 4 is 5.97 Å². The van der Waals surface area contributed by atoms with Gasteiger partial charge in [0.15, 0.2) is 0 Å². The summed E-state index contributed by atoms with van der Waals surface area (Å²) in [5.74, 6) is 0.905. The highest BCUT2D eigenvalue weighted by Gasteiger charge is 2.38. The van der Waals surface area contributed by atoms with Crippen molar-refractivity contribution in [3.05, 3.63) is 48.0 Å². The molecule has 2 bridgehead atoms. The van der Waals surface area contributed by atoms with Crippen LogP contribution in [0, 0.1) is 11.8 Å². The summed E-state index contributed by atoms with van der Waals surface area (Å²) >= 11 is 0. The maximum Gasteiger partial charge on any atom is 0.338 e. The number of esters is 1. The zero-order chi connectivity index (χ0) is 11.0. The predicted molar refractivity (Wildman–Crippen MR) is 61.0 cm³/mol. The molecule has 0 heterocycles. The van der Waals surface area contributed by atoms with Crippen molar-refractivity contribution in [1.29, 1.82) is 0 Å². The van der Waals surface area contributed by atoms with Crippen LogP contribution in [0.4, 0.5) is 0 Å². The summed E-state index contributed by atoms with van der Waals surface area (Å²) in [6.07, 6.45) is 6.70. The van der Waals surface area contributed by atoms with Crippen LogP contribution in [0.2, 0.25) is 0 Å². The van der Waals surface area contributed by atoms with Gasteiger partial charge < -0.3 is 4.74 Å². The zero-order valence-corrected chi connectivity index (χ0v) is 9.00. The molecule has 0 aliphatic heterocycles. The highest BCUT2D eigenvalue weighted by Crippen LogP contribution is 2.40. The predicted octanol–water partition coefficient (Wildman–Crippen LogP) is 2.81. The minimum absolute atomic E-state index is 0.0997. The van der Waals surface area contributed by atoms with Crippen LogP contribution < -0.4 is 0 Å². The van der Waals surface area contributed by atoms with E-state index in [1.807, 2.05) is 18.2 Å². The van der Waals surface area contributed by atoms with Crippen molar-refractivity contribution < 1.29 is 9.53 Å². The normalized spacial score (nSPS) is 30.6. The van der Waals surface area contributed by atoms with E-state index in [1.54, 1.807) is 12.1 Å².